The maximum Gasteiger partial charge on any atom is 0.253 e. The van der Waals surface area contributed by atoms with E-state index in [1.54, 1.807) is 6.20 Å². The Balaban J connectivity index is 1.35. The van der Waals surface area contributed by atoms with Gasteiger partial charge in [-0.05, 0) is 55.9 Å². The number of carbonyl (C=O) groups is 1. The molecule has 1 amide bonds. The van der Waals surface area contributed by atoms with Crippen molar-refractivity contribution in [1.82, 2.24) is 14.5 Å². The number of anilines is 1. The van der Waals surface area contributed by atoms with E-state index in [-0.39, 0.29) is 11.8 Å². The predicted octanol–water partition coefficient (Wildman–Crippen LogP) is 2.61. The third-order valence-corrected chi connectivity index (χ3v) is 5.98. The van der Waals surface area contributed by atoms with Crippen LogP contribution in [0.2, 0.25) is 0 Å². The van der Waals surface area contributed by atoms with E-state index in [1.807, 2.05) is 34.8 Å². The molecule has 0 bridgehead atoms. The molecule has 0 unspecified atom stereocenters. The van der Waals surface area contributed by atoms with Gasteiger partial charge < -0.3 is 19.5 Å². The third kappa shape index (κ3) is 3.72. The Morgan fingerprint density at radius 2 is 1.78 bits per heavy atom. The fourth-order valence-electron chi connectivity index (χ4n) is 4.26. The number of hydrogen-bond acceptors (Lipinski definition) is 4. The molecule has 1 N–H and O–H groups in total. The highest BCUT2D eigenvalue weighted by atomic mass is 16.3. The van der Waals surface area contributed by atoms with Crippen LogP contribution in [0.15, 0.2) is 36.7 Å². The molecule has 0 spiro atoms. The van der Waals surface area contributed by atoms with Gasteiger partial charge in [0.25, 0.3) is 5.91 Å². The average molecular weight is 368 g/mol. The van der Waals surface area contributed by atoms with Crippen LogP contribution in [0.5, 0.6) is 0 Å². The molecular formula is C21H28N4O2. The molecule has 3 heterocycles. The zero-order valence-electron chi connectivity index (χ0n) is 15.9. The van der Waals surface area contributed by atoms with Crippen LogP contribution in [-0.4, -0.2) is 51.6 Å². The minimum atomic E-state index is -0.568. The maximum atomic E-state index is 12.8. The SMILES string of the molecule is Cn1ccnc1[C@@H](O)C1CCN(C(=O)c2ccc(N3CCCC3)cc2)CC1. The van der Waals surface area contributed by atoms with Crippen LogP contribution in [0, 0.1) is 5.92 Å². The van der Waals surface area contributed by atoms with E-state index in [9.17, 15) is 9.90 Å². The van der Waals surface area contributed by atoms with Crippen molar-refractivity contribution in [2.75, 3.05) is 31.1 Å². The van der Waals surface area contributed by atoms with Crippen LogP contribution in [0.1, 0.15) is 48.0 Å². The molecule has 0 aliphatic carbocycles. The number of nitrogens with zero attached hydrogens (tertiary/aromatic N) is 4. The fourth-order valence-corrected chi connectivity index (χ4v) is 4.26. The Morgan fingerprint density at radius 3 is 2.37 bits per heavy atom. The first-order valence-electron chi connectivity index (χ1n) is 9.93. The summed E-state index contributed by atoms with van der Waals surface area (Å²) >= 11 is 0. The van der Waals surface area contributed by atoms with E-state index in [0.29, 0.717) is 18.9 Å². The number of aromatic nitrogens is 2. The first kappa shape index (κ1) is 18.0. The van der Waals surface area contributed by atoms with Crippen molar-refractivity contribution in [3.8, 4) is 0 Å². The van der Waals surface area contributed by atoms with Crippen molar-refractivity contribution >= 4 is 11.6 Å². The molecular weight excluding hydrogens is 340 g/mol. The molecule has 6 nitrogen and oxygen atoms in total. The molecule has 4 rings (SSSR count). The predicted molar refractivity (Wildman–Crippen MR) is 105 cm³/mol. The van der Waals surface area contributed by atoms with Crippen molar-refractivity contribution in [2.24, 2.45) is 13.0 Å². The lowest BCUT2D eigenvalue weighted by molar-refractivity contribution is 0.0420. The summed E-state index contributed by atoms with van der Waals surface area (Å²) in [5.41, 5.74) is 1.96. The maximum absolute atomic E-state index is 12.8. The van der Waals surface area contributed by atoms with Crippen molar-refractivity contribution in [1.29, 1.82) is 0 Å². The van der Waals surface area contributed by atoms with Crippen LogP contribution in [0.3, 0.4) is 0 Å². The van der Waals surface area contributed by atoms with Crippen molar-refractivity contribution in [3.63, 3.8) is 0 Å². The summed E-state index contributed by atoms with van der Waals surface area (Å²) in [6, 6.07) is 8.03. The minimum Gasteiger partial charge on any atom is -0.385 e. The number of hydrogen-bond donors (Lipinski definition) is 1. The van der Waals surface area contributed by atoms with Gasteiger partial charge in [-0.2, -0.15) is 0 Å². The number of aryl methyl sites for hydroxylation is 1. The lowest BCUT2D eigenvalue weighted by Crippen LogP contribution is -2.40. The van der Waals surface area contributed by atoms with E-state index in [4.69, 9.17) is 0 Å². The molecule has 1 aromatic heterocycles. The number of aliphatic hydroxyl groups is 1. The normalized spacial score (nSPS) is 19.5. The molecule has 144 valence electrons. The Labute approximate surface area is 160 Å². The second-order valence-electron chi connectivity index (χ2n) is 7.71. The fraction of sp³-hybridized carbons (Fsp3) is 0.524. The number of amides is 1. The first-order valence-corrected chi connectivity index (χ1v) is 9.93. The Bertz CT molecular complexity index is 772. The largest absolute Gasteiger partial charge is 0.385 e. The lowest BCUT2D eigenvalue weighted by atomic mass is 9.90. The highest BCUT2D eigenvalue weighted by molar-refractivity contribution is 5.94. The second kappa shape index (κ2) is 7.72. The summed E-state index contributed by atoms with van der Waals surface area (Å²) in [6.45, 7) is 3.58. The zero-order valence-corrected chi connectivity index (χ0v) is 15.9. The average Bonchev–Trinajstić information content (AvgIpc) is 3.39. The topological polar surface area (TPSA) is 61.6 Å². The monoisotopic (exact) mass is 368 g/mol. The summed E-state index contributed by atoms with van der Waals surface area (Å²) in [4.78, 5) is 21.4. The van der Waals surface area contributed by atoms with Crippen LogP contribution in [0.4, 0.5) is 5.69 Å². The standard InChI is InChI=1S/C21H28N4O2/c1-23-15-10-22-20(23)19(26)16-8-13-25(14-9-16)21(27)17-4-6-18(7-5-17)24-11-2-3-12-24/h4-7,10,15-16,19,26H,2-3,8-9,11-14H2,1H3/t19-/m0/s1. The number of likely N-dealkylation sites (tertiary alicyclic amines) is 1. The van der Waals surface area contributed by atoms with Crippen molar-refractivity contribution < 1.29 is 9.90 Å². The lowest BCUT2D eigenvalue weighted by Gasteiger charge is -2.34. The zero-order chi connectivity index (χ0) is 18.8. The van der Waals surface area contributed by atoms with Gasteiger partial charge in [0.1, 0.15) is 11.9 Å². The molecule has 1 aromatic carbocycles. The van der Waals surface area contributed by atoms with E-state index >= 15 is 0 Å². The highest BCUT2D eigenvalue weighted by Gasteiger charge is 2.30. The molecule has 0 saturated carbocycles. The Kier molecular flexibility index (Phi) is 5.16. The number of carbonyl (C=O) groups excluding carboxylic acids is 1. The van der Waals surface area contributed by atoms with Gasteiger partial charge in [0.05, 0.1) is 0 Å². The Hall–Kier alpha value is -2.34. The number of imidazole rings is 1. The number of rotatable bonds is 4. The van der Waals surface area contributed by atoms with E-state index in [2.05, 4.69) is 22.0 Å². The molecule has 0 radical (unpaired) electrons. The van der Waals surface area contributed by atoms with Crippen LogP contribution >= 0.6 is 0 Å². The van der Waals surface area contributed by atoms with E-state index in [1.165, 1.54) is 18.5 Å². The summed E-state index contributed by atoms with van der Waals surface area (Å²) in [5, 5.41) is 10.6. The molecule has 2 fully saturated rings. The van der Waals surface area contributed by atoms with Crippen LogP contribution < -0.4 is 4.90 Å². The molecule has 2 aliphatic rings. The van der Waals surface area contributed by atoms with E-state index < -0.39 is 6.10 Å². The van der Waals surface area contributed by atoms with Gasteiger partial charge in [0, 0.05) is 56.9 Å². The second-order valence-corrected chi connectivity index (χ2v) is 7.71. The third-order valence-electron chi connectivity index (χ3n) is 5.98. The van der Waals surface area contributed by atoms with Crippen molar-refractivity contribution in [3.05, 3.63) is 48.0 Å². The molecule has 2 saturated heterocycles. The molecule has 6 heteroatoms. The van der Waals surface area contributed by atoms with Gasteiger partial charge in [0.2, 0.25) is 0 Å². The van der Waals surface area contributed by atoms with Gasteiger partial charge in [-0.25, -0.2) is 4.98 Å². The number of piperidine rings is 1. The van der Waals surface area contributed by atoms with Crippen LogP contribution in [-0.2, 0) is 7.05 Å². The first-order chi connectivity index (χ1) is 13.1. The molecule has 2 aliphatic heterocycles. The van der Waals surface area contributed by atoms with Gasteiger partial charge >= 0.3 is 0 Å². The van der Waals surface area contributed by atoms with Crippen molar-refractivity contribution in [2.45, 2.75) is 31.8 Å². The highest BCUT2D eigenvalue weighted by Crippen LogP contribution is 2.30. The number of aliphatic hydroxyl groups excluding tert-OH is 1. The van der Waals surface area contributed by atoms with Gasteiger partial charge in [-0.3, -0.25) is 4.79 Å². The van der Waals surface area contributed by atoms with Gasteiger partial charge in [-0.15, -0.1) is 0 Å². The summed E-state index contributed by atoms with van der Waals surface area (Å²) in [6.07, 6.45) is 7.09. The van der Waals surface area contributed by atoms with Gasteiger partial charge in [-0.1, -0.05) is 0 Å². The van der Waals surface area contributed by atoms with Gasteiger partial charge in [0.15, 0.2) is 0 Å². The Morgan fingerprint density at radius 1 is 1.11 bits per heavy atom. The molecule has 1 atom stereocenters. The summed E-state index contributed by atoms with van der Waals surface area (Å²) in [5.74, 6) is 0.942. The smallest absolute Gasteiger partial charge is 0.253 e. The number of benzene rings is 1. The quantitative estimate of drug-likeness (QED) is 0.901. The summed E-state index contributed by atoms with van der Waals surface area (Å²) in [7, 11) is 1.90. The summed E-state index contributed by atoms with van der Waals surface area (Å²) < 4.78 is 1.87. The minimum absolute atomic E-state index is 0.0907. The molecule has 2 aromatic rings. The van der Waals surface area contributed by atoms with E-state index in [0.717, 1.165) is 31.5 Å². The van der Waals surface area contributed by atoms with Crippen LogP contribution in [0.25, 0.3) is 0 Å². The molecule has 27 heavy (non-hydrogen) atoms.